The van der Waals surface area contributed by atoms with Crippen LogP contribution >= 0.6 is 0 Å². The third-order valence-electron chi connectivity index (χ3n) is 3.48. The lowest BCUT2D eigenvalue weighted by molar-refractivity contribution is -0.184. The summed E-state index contributed by atoms with van der Waals surface area (Å²) in [7, 11) is 0. The summed E-state index contributed by atoms with van der Waals surface area (Å²) >= 11 is 0. The molecule has 2 atom stereocenters. The van der Waals surface area contributed by atoms with E-state index in [4.69, 9.17) is 5.11 Å². The predicted octanol–water partition coefficient (Wildman–Crippen LogP) is 1.42. The van der Waals surface area contributed by atoms with E-state index in [1.54, 1.807) is 11.8 Å². The number of piperazine rings is 1. The van der Waals surface area contributed by atoms with Crippen LogP contribution in [0.2, 0.25) is 0 Å². The zero-order chi connectivity index (χ0) is 13.9. The highest BCUT2D eigenvalue weighted by molar-refractivity contribution is 5.73. The zero-order valence-electron chi connectivity index (χ0n) is 10.6. The number of alkyl halides is 3. The van der Waals surface area contributed by atoms with Gasteiger partial charge in [-0.25, -0.2) is 0 Å². The van der Waals surface area contributed by atoms with Crippen molar-refractivity contribution in [3.05, 3.63) is 0 Å². The van der Waals surface area contributed by atoms with Crippen LogP contribution in [0.3, 0.4) is 0 Å². The SMILES string of the molecule is CCC(C(=O)O)N1CCN(C(C)C(F)(F)F)CC1. The van der Waals surface area contributed by atoms with Crippen LogP contribution in [-0.2, 0) is 4.79 Å². The Bertz CT molecular complexity index is 289. The first-order chi connectivity index (χ1) is 8.27. The topological polar surface area (TPSA) is 43.8 Å². The molecule has 1 fully saturated rings. The van der Waals surface area contributed by atoms with Crippen molar-refractivity contribution in [3.63, 3.8) is 0 Å². The van der Waals surface area contributed by atoms with Gasteiger partial charge in [0.15, 0.2) is 0 Å². The lowest BCUT2D eigenvalue weighted by Gasteiger charge is -2.40. The quantitative estimate of drug-likeness (QED) is 0.837. The van der Waals surface area contributed by atoms with Crippen LogP contribution < -0.4 is 0 Å². The molecule has 0 radical (unpaired) electrons. The molecular weight excluding hydrogens is 249 g/mol. The molecule has 1 saturated heterocycles. The van der Waals surface area contributed by atoms with Gasteiger partial charge in [0, 0.05) is 26.2 Å². The van der Waals surface area contributed by atoms with Crippen molar-refractivity contribution in [1.29, 1.82) is 0 Å². The Morgan fingerprint density at radius 2 is 1.67 bits per heavy atom. The average molecular weight is 268 g/mol. The third kappa shape index (κ3) is 3.58. The Labute approximate surface area is 104 Å². The lowest BCUT2D eigenvalue weighted by Crippen LogP contribution is -2.56. The maximum atomic E-state index is 12.5. The molecule has 0 spiro atoms. The van der Waals surface area contributed by atoms with E-state index in [0.717, 1.165) is 6.92 Å². The van der Waals surface area contributed by atoms with E-state index >= 15 is 0 Å². The molecule has 18 heavy (non-hydrogen) atoms. The molecular formula is C11H19F3N2O2. The van der Waals surface area contributed by atoms with Crippen LogP contribution in [0, 0.1) is 0 Å². The number of hydrogen-bond acceptors (Lipinski definition) is 3. The van der Waals surface area contributed by atoms with Gasteiger partial charge in [-0.3, -0.25) is 14.6 Å². The summed E-state index contributed by atoms with van der Waals surface area (Å²) in [6.45, 7) is 4.15. The summed E-state index contributed by atoms with van der Waals surface area (Å²) in [5, 5.41) is 8.99. The Hall–Kier alpha value is -0.820. The fraction of sp³-hybridized carbons (Fsp3) is 0.909. The number of carboxylic acids is 1. The molecule has 1 N–H and O–H groups in total. The lowest BCUT2D eigenvalue weighted by atomic mass is 10.1. The van der Waals surface area contributed by atoms with Crippen LogP contribution in [-0.4, -0.2) is 65.3 Å². The van der Waals surface area contributed by atoms with Crippen molar-refractivity contribution in [2.75, 3.05) is 26.2 Å². The summed E-state index contributed by atoms with van der Waals surface area (Å²) in [6, 6.07) is -2.06. The standard InChI is InChI=1S/C11H19F3N2O2/c1-3-9(10(17)18)16-6-4-15(5-7-16)8(2)11(12,13)14/h8-9H,3-7H2,1-2H3,(H,17,18). The fourth-order valence-corrected chi connectivity index (χ4v) is 2.23. The van der Waals surface area contributed by atoms with E-state index < -0.39 is 24.2 Å². The van der Waals surface area contributed by atoms with Crippen LogP contribution in [0.25, 0.3) is 0 Å². The Morgan fingerprint density at radius 3 is 2.00 bits per heavy atom. The molecule has 7 heteroatoms. The molecule has 2 unspecified atom stereocenters. The number of carbonyl (C=O) groups is 1. The highest BCUT2D eigenvalue weighted by atomic mass is 19.4. The first-order valence-electron chi connectivity index (χ1n) is 6.05. The van der Waals surface area contributed by atoms with Crippen molar-refractivity contribution in [3.8, 4) is 0 Å². The highest BCUT2D eigenvalue weighted by Crippen LogP contribution is 2.25. The summed E-state index contributed by atoms with van der Waals surface area (Å²) in [4.78, 5) is 14.1. The van der Waals surface area contributed by atoms with Gasteiger partial charge in [-0.05, 0) is 13.3 Å². The van der Waals surface area contributed by atoms with Gasteiger partial charge in [-0.2, -0.15) is 13.2 Å². The third-order valence-corrected chi connectivity index (χ3v) is 3.48. The van der Waals surface area contributed by atoms with E-state index in [1.807, 2.05) is 0 Å². The van der Waals surface area contributed by atoms with Crippen molar-refractivity contribution in [2.24, 2.45) is 0 Å². The summed E-state index contributed by atoms with van der Waals surface area (Å²) < 4.78 is 37.6. The second-order valence-electron chi connectivity index (χ2n) is 4.55. The normalized spacial score (nSPS) is 22.7. The van der Waals surface area contributed by atoms with E-state index in [1.165, 1.54) is 4.90 Å². The Morgan fingerprint density at radius 1 is 1.22 bits per heavy atom. The van der Waals surface area contributed by atoms with Crippen LogP contribution in [0.5, 0.6) is 0 Å². The molecule has 0 aliphatic carbocycles. The highest BCUT2D eigenvalue weighted by Gasteiger charge is 2.41. The first-order valence-corrected chi connectivity index (χ1v) is 6.05. The monoisotopic (exact) mass is 268 g/mol. The number of carboxylic acid groups (broad SMARTS) is 1. The van der Waals surface area contributed by atoms with Crippen molar-refractivity contribution in [1.82, 2.24) is 9.80 Å². The largest absolute Gasteiger partial charge is 0.480 e. The van der Waals surface area contributed by atoms with Crippen molar-refractivity contribution < 1.29 is 23.1 Å². The molecule has 106 valence electrons. The molecule has 1 heterocycles. The van der Waals surface area contributed by atoms with Gasteiger partial charge in [0.25, 0.3) is 0 Å². The fourth-order valence-electron chi connectivity index (χ4n) is 2.23. The van der Waals surface area contributed by atoms with Crippen LogP contribution in [0.4, 0.5) is 13.2 Å². The predicted molar refractivity (Wildman–Crippen MR) is 60.4 cm³/mol. The van der Waals surface area contributed by atoms with Gasteiger partial charge in [0.1, 0.15) is 12.1 Å². The molecule has 0 aromatic rings. The Balaban J connectivity index is 2.53. The zero-order valence-corrected chi connectivity index (χ0v) is 10.6. The minimum absolute atomic E-state index is 0.254. The van der Waals surface area contributed by atoms with Crippen LogP contribution in [0.1, 0.15) is 20.3 Å². The first kappa shape index (κ1) is 15.2. The average Bonchev–Trinajstić information content (AvgIpc) is 2.28. The molecule has 1 rings (SSSR count). The summed E-state index contributed by atoms with van der Waals surface area (Å²) in [6.07, 6.45) is -3.76. The number of nitrogens with zero attached hydrogens (tertiary/aromatic N) is 2. The number of halogens is 3. The molecule has 0 aromatic heterocycles. The number of rotatable bonds is 4. The van der Waals surface area contributed by atoms with Crippen LogP contribution in [0.15, 0.2) is 0 Å². The van der Waals surface area contributed by atoms with Crippen molar-refractivity contribution in [2.45, 2.75) is 38.5 Å². The number of hydrogen-bond donors (Lipinski definition) is 1. The summed E-state index contributed by atoms with van der Waals surface area (Å²) in [5.41, 5.74) is 0. The second-order valence-corrected chi connectivity index (χ2v) is 4.55. The second kappa shape index (κ2) is 5.88. The number of aliphatic carboxylic acids is 1. The van der Waals surface area contributed by atoms with Gasteiger partial charge in [0.2, 0.25) is 0 Å². The molecule has 0 saturated carbocycles. The van der Waals surface area contributed by atoms with Crippen molar-refractivity contribution >= 4 is 5.97 Å². The van der Waals surface area contributed by atoms with E-state index in [0.29, 0.717) is 19.5 Å². The molecule has 0 amide bonds. The molecule has 1 aliphatic rings. The van der Waals surface area contributed by atoms with Gasteiger partial charge >= 0.3 is 12.1 Å². The van der Waals surface area contributed by atoms with Gasteiger partial charge in [-0.1, -0.05) is 6.92 Å². The molecule has 0 aromatic carbocycles. The maximum absolute atomic E-state index is 12.5. The molecule has 1 aliphatic heterocycles. The summed E-state index contributed by atoms with van der Waals surface area (Å²) in [5.74, 6) is -0.908. The minimum atomic E-state index is -4.22. The van der Waals surface area contributed by atoms with Gasteiger partial charge < -0.3 is 5.11 Å². The molecule has 0 bridgehead atoms. The van der Waals surface area contributed by atoms with Gasteiger partial charge in [-0.15, -0.1) is 0 Å². The maximum Gasteiger partial charge on any atom is 0.403 e. The van der Waals surface area contributed by atoms with E-state index in [2.05, 4.69) is 0 Å². The molecule has 4 nitrogen and oxygen atoms in total. The smallest absolute Gasteiger partial charge is 0.403 e. The van der Waals surface area contributed by atoms with E-state index in [-0.39, 0.29) is 13.1 Å². The Kier molecular flexibility index (Phi) is 4.98. The minimum Gasteiger partial charge on any atom is -0.480 e. The van der Waals surface area contributed by atoms with Gasteiger partial charge in [0.05, 0.1) is 0 Å². The van der Waals surface area contributed by atoms with E-state index in [9.17, 15) is 18.0 Å².